The van der Waals surface area contributed by atoms with Crippen LogP contribution < -0.4 is 5.32 Å². The minimum atomic E-state index is -0.588. The molecule has 7 heteroatoms. The number of morpholine rings is 1. The number of ether oxygens (including phenoxy) is 1. The van der Waals surface area contributed by atoms with Crippen LogP contribution in [0.15, 0.2) is 54.0 Å². The highest BCUT2D eigenvalue weighted by Crippen LogP contribution is 2.37. The molecule has 1 aromatic heterocycles. The van der Waals surface area contributed by atoms with Gasteiger partial charge in [-0.25, -0.2) is 4.98 Å². The summed E-state index contributed by atoms with van der Waals surface area (Å²) in [6.45, 7) is 1.01. The van der Waals surface area contributed by atoms with Gasteiger partial charge in [-0.1, -0.05) is 30.3 Å². The quantitative estimate of drug-likeness (QED) is 0.726. The van der Waals surface area contributed by atoms with Crippen molar-refractivity contribution in [1.29, 1.82) is 0 Å². The number of amides is 2. The number of nitrogens with one attached hydrogen (secondary N) is 1. The lowest BCUT2D eigenvalue weighted by atomic mass is 9.77. The van der Waals surface area contributed by atoms with E-state index in [4.69, 9.17) is 4.74 Å². The molecular formula is C21H19N3O3S. The SMILES string of the molecule is O=C1CO[C@@H]2CN(C(=O)c3ccc4ncsc4c3)CC[C@@]2(c2ccccc2)N1. The van der Waals surface area contributed by atoms with Gasteiger partial charge in [0.15, 0.2) is 0 Å². The highest BCUT2D eigenvalue weighted by molar-refractivity contribution is 7.16. The van der Waals surface area contributed by atoms with Crippen molar-refractivity contribution in [2.24, 2.45) is 0 Å². The van der Waals surface area contributed by atoms with Crippen LogP contribution in [0.3, 0.4) is 0 Å². The Morgan fingerprint density at radius 2 is 2.11 bits per heavy atom. The predicted octanol–water partition coefficient (Wildman–Crippen LogP) is 2.55. The second-order valence-corrected chi connectivity index (χ2v) is 8.11. The lowest BCUT2D eigenvalue weighted by Crippen LogP contribution is -2.67. The van der Waals surface area contributed by atoms with Crippen LogP contribution in [0.25, 0.3) is 10.2 Å². The van der Waals surface area contributed by atoms with Crippen LogP contribution in [0.5, 0.6) is 0 Å². The molecule has 2 fully saturated rings. The van der Waals surface area contributed by atoms with Crippen LogP contribution in [0.4, 0.5) is 0 Å². The first-order valence-electron chi connectivity index (χ1n) is 9.26. The zero-order valence-corrected chi connectivity index (χ0v) is 15.9. The van der Waals surface area contributed by atoms with Crippen molar-refractivity contribution in [1.82, 2.24) is 15.2 Å². The fourth-order valence-electron chi connectivity index (χ4n) is 4.21. The summed E-state index contributed by atoms with van der Waals surface area (Å²) in [6, 6.07) is 15.5. The van der Waals surface area contributed by atoms with Crippen LogP contribution in [-0.2, 0) is 15.1 Å². The van der Waals surface area contributed by atoms with Gasteiger partial charge in [-0.05, 0) is 30.2 Å². The number of carbonyl (C=O) groups is 2. The number of benzene rings is 2. The molecule has 2 aliphatic heterocycles. The van der Waals surface area contributed by atoms with Gasteiger partial charge in [0, 0.05) is 18.7 Å². The summed E-state index contributed by atoms with van der Waals surface area (Å²) >= 11 is 1.53. The molecule has 2 atom stereocenters. The smallest absolute Gasteiger partial charge is 0.253 e. The Morgan fingerprint density at radius 1 is 1.25 bits per heavy atom. The molecule has 0 bridgehead atoms. The second-order valence-electron chi connectivity index (χ2n) is 7.22. The maximum atomic E-state index is 13.1. The maximum Gasteiger partial charge on any atom is 0.253 e. The molecule has 2 amide bonds. The van der Waals surface area contributed by atoms with E-state index in [1.54, 1.807) is 5.51 Å². The third-order valence-corrected chi connectivity index (χ3v) is 6.44. The summed E-state index contributed by atoms with van der Waals surface area (Å²) in [5.74, 6) is -0.131. The van der Waals surface area contributed by atoms with Crippen LogP contribution in [-0.4, -0.2) is 47.5 Å². The maximum absolute atomic E-state index is 13.1. The highest BCUT2D eigenvalue weighted by Gasteiger charge is 2.49. The minimum Gasteiger partial charge on any atom is -0.364 e. The van der Waals surface area contributed by atoms with Crippen molar-refractivity contribution in [3.05, 3.63) is 65.2 Å². The van der Waals surface area contributed by atoms with E-state index in [-0.39, 0.29) is 24.5 Å². The average Bonchev–Trinajstić information content (AvgIpc) is 3.21. The van der Waals surface area contributed by atoms with Crippen molar-refractivity contribution < 1.29 is 14.3 Å². The molecular weight excluding hydrogens is 374 g/mol. The number of thiazole rings is 1. The number of rotatable bonds is 2. The molecule has 2 aliphatic rings. The fourth-order valence-corrected chi connectivity index (χ4v) is 4.93. The van der Waals surface area contributed by atoms with E-state index in [1.807, 2.05) is 53.4 Å². The van der Waals surface area contributed by atoms with Crippen LogP contribution in [0.1, 0.15) is 22.3 Å². The normalized spacial score (nSPS) is 24.6. The lowest BCUT2D eigenvalue weighted by molar-refractivity contribution is -0.150. The highest BCUT2D eigenvalue weighted by atomic mass is 32.1. The first kappa shape index (κ1) is 17.3. The van der Waals surface area contributed by atoms with Crippen molar-refractivity contribution in [3.63, 3.8) is 0 Å². The summed E-state index contributed by atoms with van der Waals surface area (Å²) in [6.07, 6.45) is 0.333. The zero-order chi connectivity index (χ0) is 19.1. The molecule has 0 unspecified atom stereocenters. The molecule has 1 N–H and O–H groups in total. The Bertz CT molecular complexity index is 1050. The molecule has 0 spiro atoms. The van der Waals surface area contributed by atoms with Gasteiger partial charge in [0.1, 0.15) is 12.7 Å². The van der Waals surface area contributed by atoms with Crippen molar-refractivity contribution in [2.45, 2.75) is 18.1 Å². The molecule has 2 aromatic carbocycles. The first-order chi connectivity index (χ1) is 13.7. The largest absolute Gasteiger partial charge is 0.364 e. The Balaban J connectivity index is 1.43. The molecule has 142 valence electrons. The molecule has 5 rings (SSSR count). The Kier molecular flexibility index (Phi) is 4.14. The van der Waals surface area contributed by atoms with Crippen LogP contribution >= 0.6 is 11.3 Å². The summed E-state index contributed by atoms with van der Waals surface area (Å²) in [7, 11) is 0. The van der Waals surface area contributed by atoms with Gasteiger partial charge < -0.3 is 15.0 Å². The van der Waals surface area contributed by atoms with Crippen molar-refractivity contribution in [2.75, 3.05) is 19.7 Å². The Hall–Kier alpha value is -2.77. The second kappa shape index (κ2) is 6.68. The monoisotopic (exact) mass is 393 g/mol. The number of nitrogens with zero attached hydrogens (tertiary/aromatic N) is 2. The average molecular weight is 393 g/mol. The van der Waals surface area contributed by atoms with Gasteiger partial charge in [-0.2, -0.15) is 0 Å². The summed E-state index contributed by atoms with van der Waals surface area (Å²) in [5, 5.41) is 3.16. The molecule has 0 saturated carbocycles. The van der Waals surface area contributed by atoms with Gasteiger partial charge in [0.05, 0.1) is 21.3 Å². The van der Waals surface area contributed by atoms with E-state index in [1.165, 1.54) is 11.3 Å². The van der Waals surface area contributed by atoms with Crippen LogP contribution in [0.2, 0.25) is 0 Å². The molecule has 3 heterocycles. The van der Waals surface area contributed by atoms with Gasteiger partial charge in [0.25, 0.3) is 5.91 Å². The number of piperidine rings is 1. The zero-order valence-electron chi connectivity index (χ0n) is 15.1. The van der Waals surface area contributed by atoms with E-state index in [9.17, 15) is 9.59 Å². The number of hydrogen-bond donors (Lipinski definition) is 1. The fraction of sp³-hybridized carbons (Fsp3) is 0.286. The number of aromatic nitrogens is 1. The standard InChI is InChI=1S/C21H19N3O3S/c25-19-12-27-18-11-24(9-8-21(18,23-19)15-4-2-1-3-5-15)20(26)14-6-7-16-17(10-14)28-13-22-16/h1-7,10,13,18H,8-9,11-12H2,(H,23,25)/t18-,21+/m1/s1. The first-order valence-corrected chi connectivity index (χ1v) is 10.1. The molecule has 28 heavy (non-hydrogen) atoms. The predicted molar refractivity (Wildman–Crippen MR) is 106 cm³/mol. The van der Waals surface area contributed by atoms with E-state index in [0.717, 1.165) is 15.8 Å². The molecule has 3 aromatic rings. The molecule has 0 radical (unpaired) electrons. The third kappa shape index (κ3) is 2.78. The van der Waals surface area contributed by atoms with Crippen molar-refractivity contribution >= 4 is 33.4 Å². The molecule has 0 aliphatic carbocycles. The minimum absolute atomic E-state index is 0.0162. The van der Waals surface area contributed by atoms with Crippen LogP contribution in [0, 0.1) is 0 Å². The van der Waals surface area contributed by atoms with E-state index >= 15 is 0 Å². The van der Waals surface area contributed by atoms with Gasteiger partial charge in [-0.15, -0.1) is 11.3 Å². The summed E-state index contributed by atoms with van der Waals surface area (Å²) in [5.41, 5.74) is 3.78. The third-order valence-electron chi connectivity index (χ3n) is 5.64. The number of likely N-dealkylation sites (tertiary alicyclic amines) is 1. The van der Waals surface area contributed by atoms with Gasteiger partial charge >= 0.3 is 0 Å². The van der Waals surface area contributed by atoms with E-state index < -0.39 is 5.54 Å². The van der Waals surface area contributed by atoms with E-state index in [0.29, 0.717) is 25.1 Å². The Morgan fingerprint density at radius 3 is 2.96 bits per heavy atom. The topological polar surface area (TPSA) is 71.5 Å². The number of carbonyl (C=O) groups excluding carboxylic acids is 2. The summed E-state index contributed by atoms with van der Waals surface area (Å²) < 4.78 is 6.91. The van der Waals surface area contributed by atoms with Crippen molar-refractivity contribution in [3.8, 4) is 0 Å². The Labute approximate surface area is 166 Å². The van der Waals surface area contributed by atoms with E-state index in [2.05, 4.69) is 10.3 Å². The number of fused-ring (bicyclic) bond motifs is 2. The summed E-state index contributed by atoms with van der Waals surface area (Å²) in [4.78, 5) is 31.3. The lowest BCUT2D eigenvalue weighted by Gasteiger charge is -2.50. The molecule has 2 saturated heterocycles. The van der Waals surface area contributed by atoms with Gasteiger partial charge in [-0.3, -0.25) is 9.59 Å². The van der Waals surface area contributed by atoms with Gasteiger partial charge in [0.2, 0.25) is 5.91 Å². The molecule has 6 nitrogen and oxygen atoms in total. The number of hydrogen-bond acceptors (Lipinski definition) is 5.